The Kier molecular flexibility index (Phi) is 9.99. The SMILES string of the molecule is COc1cccc(N(CC(=O)N(Cc2ccc(F)cc2)C(C)C(=O)NC2CCCCC2)S(=O)(=O)c2ccccc2)c1. The first kappa shape index (κ1) is 30.0. The van der Waals surface area contributed by atoms with Crippen LogP contribution in [0.4, 0.5) is 10.1 Å². The zero-order valence-electron chi connectivity index (χ0n) is 23.3. The molecule has 0 saturated heterocycles. The number of amides is 2. The van der Waals surface area contributed by atoms with E-state index in [1.165, 1.54) is 42.3 Å². The second-order valence-electron chi connectivity index (χ2n) is 10.2. The maximum Gasteiger partial charge on any atom is 0.264 e. The summed E-state index contributed by atoms with van der Waals surface area (Å²) >= 11 is 0. The molecule has 1 saturated carbocycles. The zero-order chi connectivity index (χ0) is 29.4. The minimum absolute atomic E-state index is 0.00426. The first-order valence-corrected chi connectivity index (χ1v) is 15.2. The van der Waals surface area contributed by atoms with E-state index in [1.807, 2.05) is 0 Å². The molecule has 0 aromatic heterocycles. The summed E-state index contributed by atoms with van der Waals surface area (Å²) in [6.07, 6.45) is 4.95. The van der Waals surface area contributed by atoms with Gasteiger partial charge in [-0.15, -0.1) is 0 Å². The first-order chi connectivity index (χ1) is 19.7. The number of benzene rings is 3. The molecule has 218 valence electrons. The van der Waals surface area contributed by atoms with E-state index in [9.17, 15) is 22.4 Å². The van der Waals surface area contributed by atoms with E-state index in [1.54, 1.807) is 55.5 Å². The van der Waals surface area contributed by atoms with Gasteiger partial charge in [0.1, 0.15) is 24.2 Å². The van der Waals surface area contributed by atoms with E-state index in [-0.39, 0.29) is 29.1 Å². The minimum Gasteiger partial charge on any atom is -0.497 e. The van der Waals surface area contributed by atoms with Crippen LogP contribution in [-0.2, 0) is 26.2 Å². The van der Waals surface area contributed by atoms with Crippen LogP contribution in [0.25, 0.3) is 0 Å². The average Bonchev–Trinajstić information content (AvgIpc) is 3.00. The summed E-state index contributed by atoms with van der Waals surface area (Å²) in [5, 5.41) is 3.06. The Hall–Kier alpha value is -3.92. The molecule has 1 aliphatic carbocycles. The van der Waals surface area contributed by atoms with Gasteiger partial charge in [-0.1, -0.05) is 55.7 Å². The van der Waals surface area contributed by atoms with Crippen molar-refractivity contribution in [2.45, 2.75) is 62.6 Å². The van der Waals surface area contributed by atoms with Gasteiger partial charge in [0.05, 0.1) is 17.7 Å². The predicted molar refractivity (Wildman–Crippen MR) is 155 cm³/mol. The molecule has 3 aromatic carbocycles. The average molecular weight is 582 g/mol. The monoisotopic (exact) mass is 581 g/mol. The number of sulfonamides is 1. The molecule has 8 nitrogen and oxygen atoms in total. The zero-order valence-corrected chi connectivity index (χ0v) is 24.1. The van der Waals surface area contributed by atoms with Crippen molar-refractivity contribution in [3.63, 3.8) is 0 Å². The smallest absolute Gasteiger partial charge is 0.264 e. The number of hydrogen-bond donors (Lipinski definition) is 1. The van der Waals surface area contributed by atoms with Gasteiger partial charge >= 0.3 is 0 Å². The molecule has 41 heavy (non-hydrogen) atoms. The number of halogens is 1. The second-order valence-corrected chi connectivity index (χ2v) is 12.1. The van der Waals surface area contributed by atoms with Gasteiger partial charge in [-0.05, 0) is 61.7 Å². The Morgan fingerprint density at radius 1 is 0.976 bits per heavy atom. The number of nitrogens with zero attached hydrogens (tertiary/aromatic N) is 2. The molecule has 0 aliphatic heterocycles. The molecule has 0 heterocycles. The Morgan fingerprint density at radius 3 is 2.32 bits per heavy atom. The highest BCUT2D eigenvalue weighted by Gasteiger charge is 2.33. The summed E-state index contributed by atoms with van der Waals surface area (Å²) in [4.78, 5) is 28.7. The lowest BCUT2D eigenvalue weighted by Crippen LogP contribution is -2.53. The fourth-order valence-electron chi connectivity index (χ4n) is 4.95. The lowest BCUT2D eigenvalue weighted by molar-refractivity contribution is -0.139. The quantitative estimate of drug-likeness (QED) is 0.348. The molecule has 1 aliphatic rings. The van der Waals surface area contributed by atoms with Crippen LogP contribution in [0.1, 0.15) is 44.6 Å². The number of hydrogen-bond acceptors (Lipinski definition) is 5. The third-order valence-electron chi connectivity index (χ3n) is 7.34. The summed E-state index contributed by atoms with van der Waals surface area (Å²) in [6, 6.07) is 19.1. The van der Waals surface area contributed by atoms with Crippen LogP contribution < -0.4 is 14.4 Å². The van der Waals surface area contributed by atoms with Crippen LogP contribution in [0, 0.1) is 5.82 Å². The molecule has 1 N–H and O–H groups in total. The maximum atomic E-state index is 14.0. The normalized spacial score (nSPS) is 14.6. The van der Waals surface area contributed by atoms with Crippen LogP contribution in [0.5, 0.6) is 5.75 Å². The molecule has 0 bridgehead atoms. The second kappa shape index (κ2) is 13.6. The first-order valence-electron chi connectivity index (χ1n) is 13.7. The van der Waals surface area contributed by atoms with E-state index in [0.717, 1.165) is 36.4 Å². The van der Waals surface area contributed by atoms with Gasteiger partial charge in [-0.2, -0.15) is 0 Å². The largest absolute Gasteiger partial charge is 0.497 e. The molecule has 4 rings (SSSR count). The molecule has 0 spiro atoms. The number of carbonyl (C=O) groups excluding carboxylic acids is 2. The predicted octanol–water partition coefficient (Wildman–Crippen LogP) is 4.90. The summed E-state index contributed by atoms with van der Waals surface area (Å²) in [5.74, 6) is -0.895. The number of nitrogens with one attached hydrogen (secondary N) is 1. The van der Waals surface area contributed by atoms with E-state index in [0.29, 0.717) is 11.3 Å². The van der Waals surface area contributed by atoms with Crippen molar-refractivity contribution < 1.29 is 27.1 Å². The maximum absolute atomic E-state index is 14.0. The van der Waals surface area contributed by atoms with Gasteiger partial charge in [-0.3, -0.25) is 13.9 Å². The molecule has 1 unspecified atom stereocenters. The Balaban J connectivity index is 1.67. The lowest BCUT2D eigenvalue weighted by atomic mass is 9.95. The fourth-order valence-corrected chi connectivity index (χ4v) is 6.38. The van der Waals surface area contributed by atoms with Crippen molar-refractivity contribution in [1.82, 2.24) is 10.2 Å². The van der Waals surface area contributed by atoms with Crippen LogP contribution in [-0.4, -0.2) is 50.9 Å². The van der Waals surface area contributed by atoms with Gasteiger partial charge in [0, 0.05) is 18.7 Å². The number of methoxy groups -OCH3 is 1. The van der Waals surface area contributed by atoms with Crippen molar-refractivity contribution in [3.8, 4) is 5.75 Å². The van der Waals surface area contributed by atoms with Crippen LogP contribution in [0.15, 0.2) is 83.8 Å². The molecular weight excluding hydrogens is 545 g/mol. The Labute approximate surface area is 241 Å². The minimum atomic E-state index is -4.17. The van der Waals surface area contributed by atoms with Gasteiger partial charge in [0.25, 0.3) is 10.0 Å². The van der Waals surface area contributed by atoms with E-state index in [2.05, 4.69) is 5.32 Å². The van der Waals surface area contributed by atoms with Crippen molar-refractivity contribution in [2.75, 3.05) is 18.0 Å². The van der Waals surface area contributed by atoms with E-state index < -0.39 is 34.3 Å². The summed E-state index contributed by atoms with van der Waals surface area (Å²) in [7, 11) is -2.71. The topological polar surface area (TPSA) is 96.0 Å². The lowest BCUT2D eigenvalue weighted by Gasteiger charge is -2.33. The summed E-state index contributed by atoms with van der Waals surface area (Å²) < 4.78 is 47.6. The Bertz CT molecular complexity index is 1430. The molecule has 10 heteroatoms. The van der Waals surface area contributed by atoms with E-state index in [4.69, 9.17) is 4.74 Å². The summed E-state index contributed by atoms with van der Waals surface area (Å²) in [6.45, 7) is 1.06. The van der Waals surface area contributed by atoms with Crippen LogP contribution >= 0.6 is 0 Å². The number of anilines is 1. The third-order valence-corrected chi connectivity index (χ3v) is 9.12. The summed E-state index contributed by atoms with van der Waals surface area (Å²) in [5.41, 5.74) is 0.846. The van der Waals surface area contributed by atoms with Crippen molar-refractivity contribution in [2.24, 2.45) is 0 Å². The standard InChI is InChI=1S/C31H36FN3O5S/c1-23(31(37)33-26-10-5-3-6-11-26)34(21-24-16-18-25(32)19-17-24)30(36)22-35(27-12-9-13-28(20-27)40-2)41(38,39)29-14-7-4-8-15-29/h4,7-9,12-20,23,26H,3,5-6,10-11,21-22H2,1-2H3,(H,33,37). The molecular formula is C31H36FN3O5S. The van der Waals surface area contributed by atoms with Crippen LogP contribution in [0.2, 0.25) is 0 Å². The van der Waals surface area contributed by atoms with Gasteiger partial charge < -0.3 is 15.0 Å². The number of carbonyl (C=O) groups is 2. The number of ether oxygens (including phenoxy) is 1. The van der Waals surface area contributed by atoms with Gasteiger partial charge in [-0.25, -0.2) is 12.8 Å². The van der Waals surface area contributed by atoms with E-state index >= 15 is 0 Å². The molecule has 3 aromatic rings. The van der Waals surface area contributed by atoms with Crippen molar-refractivity contribution in [1.29, 1.82) is 0 Å². The highest BCUT2D eigenvalue weighted by molar-refractivity contribution is 7.92. The van der Waals surface area contributed by atoms with Crippen LogP contribution in [0.3, 0.4) is 0 Å². The third kappa shape index (κ3) is 7.64. The molecule has 1 atom stereocenters. The molecule has 0 radical (unpaired) electrons. The van der Waals surface area contributed by atoms with Crippen molar-refractivity contribution >= 4 is 27.5 Å². The van der Waals surface area contributed by atoms with Crippen molar-refractivity contribution in [3.05, 3.63) is 90.2 Å². The highest BCUT2D eigenvalue weighted by Crippen LogP contribution is 2.28. The number of rotatable bonds is 11. The highest BCUT2D eigenvalue weighted by atomic mass is 32.2. The fraction of sp³-hybridized carbons (Fsp3) is 0.355. The molecule has 1 fully saturated rings. The molecule has 2 amide bonds. The Morgan fingerprint density at radius 2 is 1.66 bits per heavy atom. The van der Waals surface area contributed by atoms with Gasteiger partial charge in [0.15, 0.2) is 0 Å². The van der Waals surface area contributed by atoms with Gasteiger partial charge in [0.2, 0.25) is 11.8 Å².